The van der Waals surface area contributed by atoms with Crippen molar-refractivity contribution in [3.63, 3.8) is 0 Å². The van der Waals surface area contributed by atoms with Crippen molar-refractivity contribution >= 4 is 21.6 Å². The van der Waals surface area contributed by atoms with E-state index in [-0.39, 0.29) is 11.9 Å². The van der Waals surface area contributed by atoms with Crippen LogP contribution in [0.2, 0.25) is 0 Å². The zero-order valence-electron chi connectivity index (χ0n) is 12.9. The second-order valence-electron chi connectivity index (χ2n) is 4.90. The summed E-state index contributed by atoms with van der Waals surface area (Å²) in [5, 5.41) is 4.21. The van der Waals surface area contributed by atoms with Gasteiger partial charge >= 0.3 is 0 Å². The van der Waals surface area contributed by atoms with Gasteiger partial charge in [-0.3, -0.25) is 4.68 Å². The molecule has 0 fully saturated rings. The van der Waals surface area contributed by atoms with Crippen molar-refractivity contribution in [1.29, 1.82) is 0 Å². The van der Waals surface area contributed by atoms with E-state index in [0.717, 1.165) is 12.8 Å². The number of alkyl halides is 1. The van der Waals surface area contributed by atoms with Crippen molar-refractivity contribution in [3.05, 3.63) is 11.4 Å². The Balaban J connectivity index is 3.36. The fourth-order valence-electron chi connectivity index (χ4n) is 2.52. The number of aromatic nitrogens is 2. The SMILES string of the molecule is CCC(CC)N(CCCl)S(=O)(=O)c1c(C)nn(C)c1C. The normalized spacial score (nSPS) is 12.6. The Morgan fingerprint density at radius 2 is 1.85 bits per heavy atom. The van der Waals surface area contributed by atoms with Gasteiger partial charge in [0.1, 0.15) is 4.90 Å². The third kappa shape index (κ3) is 3.18. The first-order chi connectivity index (χ1) is 9.31. The smallest absolute Gasteiger partial charge is 0.247 e. The predicted octanol–water partition coefficient (Wildman–Crippen LogP) is 2.46. The largest absolute Gasteiger partial charge is 0.271 e. The highest BCUT2D eigenvalue weighted by Gasteiger charge is 2.33. The first-order valence-electron chi connectivity index (χ1n) is 6.89. The molecule has 0 amide bonds. The number of sulfonamides is 1. The van der Waals surface area contributed by atoms with Gasteiger partial charge in [0.05, 0.1) is 11.4 Å². The Morgan fingerprint density at radius 1 is 1.30 bits per heavy atom. The van der Waals surface area contributed by atoms with E-state index in [1.807, 2.05) is 13.8 Å². The van der Waals surface area contributed by atoms with Gasteiger partial charge in [0.15, 0.2) is 0 Å². The zero-order chi connectivity index (χ0) is 15.5. The second kappa shape index (κ2) is 6.91. The second-order valence-corrected chi connectivity index (χ2v) is 7.10. The maximum Gasteiger partial charge on any atom is 0.247 e. The molecule has 0 atom stereocenters. The highest BCUT2D eigenvalue weighted by atomic mass is 35.5. The molecule has 1 aromatic rings. The van der Waals surface area contributed by atoms with Crippen LogP contribution in [0.1, 0.15) is 38.1 Å². The number of hydrogen-bond donors (Lipinski definition) is 0. The number of halogens is 1. The van der Waals surface area contributed by atoms with Crippen LogP contribution in [0.5, 0.6) is 0 Å². The van der Waals surface area contributed by atoms with Crippen LogP contribution in [0.4, 0.5) is 0 Å². The summed E-state index contributed by atoms with van der Waals surface area (Å²) in [5.74, 6) is 0.286. The standard InChI is InChI=1S/C13H24ClN3O2S/c1-6-12(7-2)17(9-8-14)20(18,19)13-10(3)15-16(5)11(13)4/h12H,6-9H2,1-5H3. The van der Waals surface area contributed by atoms with Crippen molar-refractivity contribution in [2.24, 2.45) is 7.05 Å². The Morgan fingerprint density at radius 3 is 2.20 bits per heavy atom. The number of rotatable bonds is 7. The molecular weight excluding hydrogens is 298 g/mol. The molecule has 0 N–H and O–H groups in total. The molecule has 5 nitrogen and oxygen atoms in total. The third-order valence-corrected chi connectivity index (χ3v) is 6.04. The van der Waals surface area contributed by atoms with Crippen molar-refractivity contribution in [3.8, 4) is 0 Å². The molecule has 0 bridgehead atoms. The number of hydrogen-bond acceptors (Lipinski definition) is 3. The molecule has 1 aromatic heterocycles. The van der Waals surface area contributed by atoms with Gasteiger partial charge < -0.3 is 0 Å². The summed E-state index contributed by atoms with van der Waals surface area (Å²) in [6.07, 6.45) is 1.54. The highest BCUT2D eigenvalue weighted by molar-refractivity contribution is 7.89. The predicted molar refractivity (Wildman–Crippen MR) is 81.7 cm³/mol. The fourth-order valence-corrected chi connectivity index (χ4v) is 4.98. The summed E-state index contributed by atoms with van der Waals surface area (Å²) in [7, 11) is -1.81. The molecule has 0 aliphatic carbocycles. The molecular formula is C13H24ClN3O2S. The first kappa shape index (κ1) is 17.5. The lowest BCUT2D eigenvalue weighted by atomic mass is 10.2. The molecule has 0 saturated heterocycles. The Labute approximate surface area is 127 Å². The van der Waals surface area contributed by atoms with Gasteiger partial charge in [0, 0.05) is 25.5 Å². The van der Waals surface area contributed by atoms with E-state index in [4.69, 9.17) is 11.6 Å². The quantitative estimate of drug-likeness (QED) is 0.725. The van der Waals surface area contributed by atoms with Gasteiger partial charge in [0.2, 0.25) is 10.0 Å². The summed E-state index contributed by atoms with van der Waals surface area (Å²) in [6.45, 7) is 7.82. The van der Waals surface area contributed by atoms with Gasteiger partial charge in [-0.05, 0) is 26.7 Å². The first-order valence-corrected chi connectivity index (χ1v) is 8.86. The minimum absolute atomic E-state index is 0.0299. The average molecular weight is 322 g/mol. The lowest BCUT2D eigenvalue weighted by Gasteiger charge is -2.29. The maximum absolute atomic E-state index is 13.0. The molecule has 7 heteroatoms. The molecule has 116 valence electrons. The van der Waals surface area contributed by atoms with Crippen LogP contribution in [-0.4, -0.2) is 41.0 Å². The Bertz CT molecular complexity index is 550. The summed E-state index contributed by atoms with van der Waals surface area (Å²) < 4.78 is 29.0. The van der Waals surface area contributed by atoms with Crippen LogP contribution in [0.15, 0.2) is 4.90 Å². The molecule has 0 aliphatic rings. The van der Waals surface area contributed by atoms with E-state index >= 15 is 0 Å². The molecule has 0 saturated carbocycles. The average Bonchev–Trinajstić information content (AvgIpc) is 2.63. The molecule has 1 heterocycles. The molecule has 0 unspecified atom stereocenters. The van der Waals surface area contributed by atoms with Crippen molar-refractivity contribution in [2.75, 3.05) is 12.4 Å². The zero-order valence-corrected chi connectivity index (χ0v) is 14.4. The maximum atomic E-state index is 13.0. The lowest BCUT2D eigenvalue weighted by Crippen LogP contribution is -2.41. The molecule has 20 heavy (non-hydrogen) atoms. The van der Waals surface area contributed by atoms with Crippen LogP contribution in [0, 0.1) is 13.8 Å². The molecule has 0 spiro atoms. The van der Waals surface area contributed by atoms with Crippen LogP contribution >= 0.6 is 11.6 Å². The van der Waals surface area contributed by atoms with Crippen molar-refractivity contribution in [1.82, 2.24) is 14.1 Å². The summed E-state index contributed by atoms with van der Waals surface area (Å²) >= 11 is 5.81. The number of aryl methyl sites for hydroxylation is 2. The van der Waals surface area contributed by atoms with Crippen LogP contribution in [-0.2, 0) is 17.1 Å². The number of nitrogens with zero attached hydrogens (tertiary/aromatic N) is 3. The highest BCUT2D eigenvalue weighted by Crippen LogP contribution is 2.26. The van der Waals surface area contributed by atoms with E-state index in [2.05, 4.69) is 5.10 Å². The minimum Gasteiger partial charge on any atom is -0.271 e. The van der Waals surface area contributed by atoms with Gasteiger partial charge in [-0.1, -0.05) is 13.8 Å². The topological polar surface area (TPSA) is 55.2 Å². The van der Waals surface area contributed by atoms with Gasteiger partial charge in [-0.25, -0.2) is 8.42 Å². The molecule has 0 aliphatic heterocycles. The van der Waals surface area contributed by atoms with Crippen LogP contribution in [0.25, 0.3) is 0 Å². The molecule has 1 rings (SSSR count). The molecule has 0 radical (unpaired) electrons. The van der Waals surface area contributed by atoms with E-state index < -0.39 is 10.0 Å². The van der Waals surface area contributed by atoms with Crippen LogP contribution in [0.3, 0.4) is 0 Å². The van der Waals surface area contributed by atoms with Gasteiger partial charge in [-0.15, -0.1) is 11.6 Å². The van der Waals surface area contributed by atoms with Gasteiger partial charge in [0.25, 0.3) is 0 Å². The van der Waals surface area contributed by atoms with Crippen LogP contribution < -0.4 is 0 Å². The van der Waals surface area contributed by atoms with E-state index in [9.17, 15) is 8.42 Å². The monoisotopic (exact) mass is 321 g/mol. The van der Waals surface area contributed by atoms with Gasteiger partial charge in [-0.2, -0.15) is 9.40 Å². The minimum atomic E-state index is -3.56. The summed E-state index contributed by atoms with van der Waals surface area (Å²) in [5.41, 5.74) is 1.20. The summed E-state index contributed by atoms with van der Waals surface area (Å²) in [4.78, 5) is 0.317. The Hall–Kier alpha value is -0.590. The van der Waals surface area contributed by atoms with E-state index in [1.54, 1.807) is 25.6 Å². The lowest BCUT2D eigenvalue weighted by molar-refractivity contribution is 0.316. The van der Waals surface area contributed by atoms with Crippen molar-refractivity contribution < 1.29 is 8.42 Å². The third-order valence-electron chi connectivity index (χ3n) is 3.66. The van der Waals surface area contributed by atoms with E-state index in [1.165, 1.54) is 4.31 Å². The fraction of sp³-hybridized carbons (Fsp3) is 0.769. The summed E-state index contributed by atoms with van der Waals surface area (Å²) in [6, 6.07) is -0.0299. The Kier molecular flexibility index (Phi) is 6.04. The van der Waals surface area contributed by atoms with Crippen molar-refractivity contribution in [2.45, 2.75) is 51.5 Å². The van der Waals surface area contributed by atoms with E-state index in [0.29, 0.717) is 22.8 Å². The molecule has 0 aromatic carbocycles.